The molecule has 2 N–H and O–H groups in total. The number of nitrogens with zero attached hydrogens (tertiary/aromatic N) is 2. The third-order valence-corrected chi connectivity index (χ3v) is 5.00. The Morgan fingerprint density at radius 2 is 1.91 bits per heavy atom. The van der Waals surface area contributed by atoms with Gasteiger partial charge in [-0.15, -0.1) is 0 Å². The first-order valence-electron chi connectivity index (χ1n) is 8.20. The SMILES string of the molecule is NC1(C(=O)N2CCN(Cc3cccc(Cl)c3)CC2)CCOCC1. The molecular weight excluding hydrogens is 314 g/mol. The molecule has 0 aromatic heterocycles. The van der Waals surface area contributed by atoms with E-state index in [-0.39, 0.29) is 5.91 Å². The zero-order chi connectivity index (χ0) is 16.3. The van der Waals surface area contributed by atoms with Gasteiger partial charge in [-0.3, -0.25) is 9.69 Å². The summed E-state index contributed by atoms with van der Waals surface area (Å²) in [6.45, 7) is 5.23. The van der Waals surface area contributed by atoms with E-state index in [9.17, 15) is 4.79 Å². The molecule has 0 bridgehead atoms. The maximum atomic E-state index is 12.7. The number of hydrogen-bond donors (Lipinski definition) is 1. The van der Waals surface area contributed by atoms with Crippen molar-refractivity contribution in [3.05, 3.63) is 34.9 Å². The summed E-state index contributed by atoms with van der Waals surface area (Å²) in [5.74, 6) is 0.0863. The largest absolute Gasteiger partial charge is 0.381 e. The predicted octanol–water partition coefficient (Wildman–Crippen LogP) is 1.49. The van der Waals surface area contributed by atoms with Crippen molar-refractivity contribution in [3.63, 3.8) is 0 Å². The number of carbonyl (C=O) groups is 1. The Morgan fingerprint density at radius 1 is 1.22 bits per heavy atom. The molecule has 2 aliphatic heterocycles. The molecule has 2 saturated heterocycles. The minimum absolute atomic E-state index is 0.0863. The monoisotopic (exact) mass is 337 g/mol. The Morgan fingerprint density at radius 3 is 2.57 bits per heavy atom. The van der Waals surface area contributed by atoms with E-state index in [1.165, 1.54) is 5.56 Å². The van der Waals surface area contributed by atoms with Gasteiger partial charge in [-0.25, -0.2) is 0 Å². The third-order valence-electron chi connectivity index (χ3n) is 4.77. The van der Waals surface area contributed by atoms with Crippen LogP contribution in [-0.2, 0) is 16.1 Å². The lowest BCUT2D eigenvalue weighted by atomic mass is 9.89. The highest BCUT2D eigenvalue weighted by molar-refractivity contribution is 6.30. The second-order valence-corrected chi connectivity index (χ2v) is 6.90. The molecule has 0 saturated carbocycles. The zero-order valence-electron chi connectivity index (χ0n) is 13.3. The Balaban J connectivity index is 1.53. The van der Waals surface area contributed by atoms with Gasteiger partial charge in [0.15, 0.2) is 0 Å². The van der Waals surface area contributed by atoms with Crippen molar-refractivity contribution in [2.24, 2.45) is 5.73 Å². The van der Waals surface area contributed by atoms with E-state index < -0.39 is 5.54 Å². The Hall–Kier alpha value is -1.14. The number of rotatable bonds is 3. The normalized spacial score (nSPS) is 22.1. The number of piperazine rings is 1. The number of halogens is 1. The van der Waals surface area contributed by atoms with Crippen molar-refractivity contribution in [1.82, 2.24) is 9.80 Å². The van der Waals surface area contributed by atoms with Crippen LogP contribution in [0.15, 0.2) is 24.3 Å². The van der Waals surface area contributed by atoms with E-state index in [0.29, 0.717) is 26.1 Å². The van der Waals surface area contributed by atoms with Crippen molar-refractivity contribution in [3.8, 4) is 0 Å². The maximum Gasteiger partial charge on any atom is 0.242 e. The molecule has 0 unspecified atom stereocenters. The number of benzene rings is 1. The number of hydrogen-bond acceptors (Lipinski definition) is 4. The molecule has 1 aromatic rings. The van der Waals surface area contributed by atoms with Crippen LogP contribution in [0.1, 0.15) is 18.4 Å². The average Bonchev–Trinajstić information content (AvgIpc) is 2.56. The van der Waals surface area contributed by atoms with Crippen molar-refractivity contribution in [1.29, 1.82) is 0 Å². The van der Waals surface area contributed by atoms with Crippen LogP contribution in [0.5, 0.6) is 0 Å². The predicted molar refractivity (Wildman–Crippen MR) is 90.3 cm³/mol. The van der Waals surface area contributed by atoms with Crippen LogP contribution in [0.2, 0.25) is 5.02 Å². The Kier molecular flexibility index (Phi) is 5.21. The van der Waals surface area contributed by atoms with Gasteiger partial charge in [0.25, 0.3) is 0 Å². The summed E-state index contributed by atoms with van der Waals surface area (Å²) in [5, 5.41) is 0.765. The van der Waals surface area contributed by atoms with Crippen molar-refractivity contribution in [2.45, 2.75) is 24.9 Å². The topological polar surface area (TPSA) is 58.8 Å². The molecule has 0 aliphatic carbocycles. The molecule has 0 radical (unpaired) electrons. The van der Waals surface area contributed by atoms with Gasteiger partial charge >= 0.3 is 0 Å². The molecule has 1 amide bonds. The smallest absolute Gasteiger partial charge is 0.242 e. The molecule has 126 valence electrons. The zero-order valence-corrected chi connectivity index (χ0v) is 14.1. The van der Waals surface area contributed by atoms with Crippen LogP contribution in [0.3, 0.4) is 0 Å². The van der Waals surface area contributed by atoms with Crippen molar-refractivity contribution in [2.75, 3.05) is 39.4 Å². The molecule has 0 atom stereocenters. The lowest BCUT2D eigenvalue weighted by molar-refractivity contribution is -0.142. The van der Waals surface area contributed by atoms with Crippen molar-refractivity contribution < 1.29 is 9.53 Å². The van der Waals surface area contributed by atoms with E-state index in [0.717, 1.165) is 37.7 Å². The van der Waals surface area contributed by atoms with Crippen LogP contribution >= 0.6 is 11.6 Å². The van der Waals surface area contributed by atoms with E-state index in [2.05, 4.69) is 11.0 Å². The van der Waals surface area contributed by atoms with E-state index in [1.807, 2.05) is 23.1 Å². The molecule has 5 nitrogen and oxygen atoms in total. The quantitative estimate of drug-likeness (QED) is 0.908. The third kappa shape index (κ3) is 4.04. The first-order valence-corrected chi connectivity index (χ1v) is 8.57. The van der Waals surface area contributed by atoms with Gasteiger partial charge in [0, 0.05) is 51.0 Å². The van der Waals surface area contributed by atoms with Crippen LogP contribution in [0.25, 0.3) is 0 Å². The molecule has 2 heterocycles. The fourth-order valence-electron chi connectivity index (χ4n) is 3.27. The second kappa shape index (κ2) is 7.18. The lowest BCUT2D eigenvalue weighted by Crippen LogP contribution is -2.61. The van der Waals surface area contributed by atoms with Crippen LogP contribution in [0, 0.1) is 0 Å². The molecule has 0 spiro atoms. The van der Waals surface area contributed by atoms with Gasteiger partial charge in [-0.1, -0.05) is 23.7 Å². The van der Waals surface area contributed by atoms with Gasteiger partial charge in [-0.05, 0) is 30.5 Å². The first-order chi connectivity index (χ1) is 11.1. The summed E-state index contributed by atoms with van der Waals surface area (Å²) in [6, 6.07) is 7.94. The molecular formula is C17H24ClN3O2. The molecule has 23 heavy (non-hydrogen) atoms. The fraction of sp³-hybridized carbons (Fsp3) is 0.588. The summed E-state index contributed by atoms with van der Waals surface area (Å²) in [6.07, 6.45) is 1.24. The molecule has 2 fully saturated rings. The van der Waals surface area contributed by atoms with Gasteiger partial charge in [0.2, 0.25) is 5.91 Å². The Bertz CT molecular complexity index is 553. The lowest BCUT2D eigenvalue weighted by Gasteiger charge is -2.41. The summed E-state index contributed by atoms with van der Waals surface area (Å²) in [5.41, 5.74) is 6.79. The highest BCUT2D eigenvalue weighted by Crippen LogP contribution is 2.22. The number of ether oxygens (including phenoxy) is 1. The second-order valence-electron chi connectivity index (χ2n) is 6.47. The number of nitrogens with two attached hydrogens (primary N) is 1. The standard InChI is InChI=1S/C17H24ClN3O2/c18-15-3-1-2-14(12-15)13-20-6-8-21(9-7-20)16(22)17(19)4-10-23-11-5-17/h1-3,12H,4-11,13,19H2. The number of amides is 1. The molecule has 3 rings (SSSR count). The van der Waals surface area contributed by atoms with Gasteiger partial charge < -0.3 is 15.4 Å². The fourth-order valence-corrected chi connectivity index (χ4v) is 3.48. The summed E-state index contributed by atoms with van der Waals surface area (Å²) >= 11 is 6.03. The van der Waals surface area contributed by atoms with Crippen LogP contribution in [-0.4, -0.2) is 60.6 Å². The maximum absolute atomic E-state index is 12.7. The van der Waals surface area contributed by atoms with Gasteiger partial charge in [0.05, 0.1) is 5.54 Å². The van der Waals surface area contributed by atoms with E-state index in [4.69, 9.17) is 22.1 Å². The van der Waals surface area contributed by atoms with Crippen LogP contribution < -0.4 is 5.73 Å². The summed E-state index contributed by atoms with van der Waals surface area (Å²) in [4.78, 5) is 17.0. The van der Waals surface area contributed by atoms with Crippen LogP contribution in [0.4, 0.5) is 0 Å². The number of carbonyl (C=O) groups excluding carboxylic acids is 1. The molecule has 6 heteroatoms. The minimum atomic E-state index is -0.729. The van der Waals surface area contributed by atoms with Gasteiger partial charge in [-0.2, -0.15) is 0 Å². The van der Waals surface area contributed by atoms with Crippen molar-refractivity contribution >= 4 is 17.5 Å². The average molecular weight is 338 g/mol. The van der Waals surface area contributed by atoms with E-state index in [1.54, 1.807) is 0 Å². The first kappa shape index (κ1) is 16.7. The Labute approximate surface area is 142 Å². The highest BCUT2D eigenvalue weighted by Gasteiger charge is 2.39. The molecule has 1 aromatic carbocycles. The van der Waals surface area contributed by atoms with Gasteiger partial charge in [0.1, 0.15) is 0 Å². The minimum Gasteiger partial charge on any atom is -0.381 e. The summed E-state index contributed by atoms with van der Waals surface area (Å²) in [7, 11) is 0. The molecule has 2 aliphatic rings. The highest BCUT2D eigenvalue weighted by atomic mass is 35.5. The summed E-state index contributed by atoms with van der Waals surface area (Å²) < 4.78 is 5.33. The van der Waals surface area contributed by atoms with E-state index >= 15 is 0 Å².